The molecule has 0 aliphatic carbocycles. The maximum absolute atomic E-state index is 12.8. The van der Waals surface area contributed by atoms with Gasteiger partial charge in [-0.15, -0.1) is 0 Å². The van der Waals surface area contributed by atoms with E-state index >= 15 is 0 Å². The van der Waals surface area contributed by atoms with Gasteiger partial charge in [0.25, 0.3) is 5.56 Å². The van der Waals surface area contributed by atoms with Crippen LogP contribution in [0.1, 0.15) is 5.69 Å². The summed E-state index contributed by atoms with van der Waals surface area (Å²) in [6, 6.07) is 1.43. The first kappa shape index (κ1) is 21.2. The molecule has 0 bridgehead atoms. The first-order valence-corrected chi connectivity index (χ1v) is 7.46. The largest absolute Gasteiger partial charge is 0.440 e. The maximum Gasteiger partial charge on any atom is 0.433 e. The van der Waals surface area contributed by atoms with Crippen molar-refractivity contribution in [3.05, 3.63) is 38.7 Å². The lowest BCUT2D eigenvalue weighted by atomic mass is 10.2. The lowest BCUT2D eigenvalue weighted by molar-refractivity contribution is -0.160. The fourth-order valence-electron chi connectivity index (χ4n) is 2.20. The summed E-state index contributed by atoms with van der Waals surface area (Å²) in [7, 11) is 1.10. The number of nitrogens with one attached hydrogen (secondary N) is 1. The highest BCUT2D eigenvalue weighted by molar-refractivity contribution is 5.74. The van der Waals surface area contributed by atoms with Gasteiger partial charge in [-0.25, -0.2) is 14.6 Å². The highest BCUT2D eigenvalue weighted by Gasteiger charge is 2.33. The molecule has 2 aromatic heterocycles. The van der Waals surface area contributed by atoms with Crippen LogP contribution in [0.25, 0.3) is 11.0 Å². The average molecular weight is 414 g/mol. The van der Waals surface area contributed by atoms with E-state index in [4.69, 9.17) is 0 Å². The second-order valence-electron chi connectivity index (χ2n) is 5.48. The number of ether oxygens (including phenoxy) is 1. The summed E-state index contributed by atoms with van der Waals surface area (Å²) in [6.07, 6.45) is -10.9. The molecule has 2 aromatic rings. The smallest absolute Gasteiger partial charge is 0.433 e. The molecule has 28 heavy (non-hydrogen) atoms. The van der Waals surface area contributed by atoms with E-state index in [1.165, 1.54) is 0 Å². The average Bonchev–Trinajstić information content (AvgIpc) is 2.59. The molecule has 2 heterocycles. The molecule has 0 saturated heterocycles. The Morgan fingerprint density at radius 1 is 1.18 bits per heavy atom. The number of alkyl halides is 6. The number of aromatic nitrogens is 3. The summed E-state index contributed by atoms with van der Waals surface area (Å²) in [5.74, 6) is 0. The summed E-state index contributed by atoms with van der Waals surface area (Å²) in [5, 5.41) is 1.64. The van der Waals surface area contributed by atoms with Crippen LogP contribution in [0, 0.1) is 0 Å². The number of hydrogen-bond acceptors (Lipinski definition) is 5. The predicted octanol–water partition coefficient (Wildman–Crippen LogP) is 1.40. The van der Waals surface area contributed by atoms with Crippen LogP contribution in [0.15, 0.2) is 21.7 Å². The van der Waals surface area contributed by atoms with Crippen LogP contribution in [0.4, 0.5) is 31.1 Å². The van der Waals surface area contributed by atoms with Crippen LogP contribution in [-0.4, -0.2) is 39.5 Å². The molecule has 0 spiro atoms. The van der Waals surface area contributed by atoms with Crippen molar-refractivity contribution in [3.8, 4) is 0 Å². The first-order valence-electron chi connectivity index (χ1n) is 7.46. The topological polar surface area (TPSA) is 95.2 Å². The Bertz CT molecular complexity index is 1010. The van der Waals surface area contributed by atoms with Gasteiger partial charge < -0.3 is 10.1 Å². The zero-order valence-electron chi connectivity index (χ0n) is 14.0. The molecule has 0 aromatic carbocycles. The summed E-state index contributed by atoms with van der Waals surface area (Å²) in [4.78, 5) is 39.0. The molecule has 2 rings (SSSR count). The van der Waals surface area contributed by atoms with Gasteiger partial charge in [-0.3, -0.25) is 13.9 Å². The van der Waals surface area contributed by atoms with Crippen LogP contribution < -0.4 is 16.6 Å². The fraction of sp³-hybridized carbons (Fsp3) is 0.429. The first-order chi connectivity index (χ1) is 12.8. The highest BCUT2D eigenvalue weighted by atomic mass is 19.4. The number of hydrogen-bond donors (Lipinski definition) is 1. The van der Waals surface area contributed by atoms with E-state index in [1.54, 1.807) is 0 Å². The number of amides is 1. The second kappa shape index (κ2) is 7.52. The predicted molar refractivity (Wildman–Crippen MR) is 81.7 cm³/mol. The number of rotatable bonds is 4. The van der Waals surface area contributed by atoms with Gasteiger partial charge in [0.15, 0.2) is 6.61 Å². The zero-order valence-corrected chi connectivity index (χ0v) is 14.0. The molecule has 0 saturated carbocycles. The lowest BCUT2D eigenvalue weighted by Gasteiger charge is -2.13. The Kier molecular flexibility index (Phi) is 5.70. The van der Waals surface area contributed by atoms with Crippen LogP contribution in [-0.2, 0) is 24.5 Å². The van der Waals surface area contributed by atoms with Crippen molar-refractivity contribution >= 4 is 17.1 Å². The van der Waals surface area contributed by atoms with E-state index in [2.05, 4.69) is 9.72 Å². The van der Waals surface area contributed by atoms with Crippen LogP contribution in [0.3, 0.4) is 0 Å². The quantitative estimate of drug-likeness (QED) is 0.764. The Morgan fingerprint density at radius 3 is 2.39 bits per heavy atom. The molecule has 8 nitrogen and oxygen atoms in total. The lowest BCUT2D eigenvalue weighted by Crippen LogP contribution is -2.42. The highest BCUT2D eigenvalue weighted by Crippen LogP contribution is 2.28. The van der Waals surface area contributed by atoms with Gasteiger partial charge in [-0.05, 0) is 12.1 Å². The van der Waals surface area contributed by atoms with Gasteiger partial charge in [0, 0.05) is 20.1 Å². The summed E-state index contributed by atoms with van der Waals surface area (Å²) in [6.45, 7) is -2.71. The molecule has 154 valence electrons. The number of nitrogens with zero attached hydrogens (tertiary/aromatic N) is 3. The Labute approximate surface area is 151 Å². The number of pyridine rings is 1. The van der Waals surface area contributed by atoms with Crippen molar-refractivity contribution < 1.29 is 35.9 Å². The summed E-state index contributed by atoms with van der Waals surface area (Å²) in [5.41, 5.74) is -3.76. The van der Waals surface area contributed by atoms with Gasteiger partial charge in [-0.1, -0.05) is 0 Å². The summed E-state index contributed by atoms with van der Waals surface area (Å²) < 4.78 is 79.2. The van der Waals surface area contributed by atoms with Crippen LogP contribution in [0.5, 0.6) is 0 Å². The van der Waals surface area contributed by atoms with Gasteiger partial charge in [-0.2, -0.15) is 26.3 Å². The minimum atomic E-state index is -4.78. The third kappa shape index (κ3) is 4.80. The van der Waals surface area contributed by atoms with Gasteiger partial charge in [0.2, 0.25) is 0 Å². The monoisotopic (exact) mass is 414 g/mol. The van der Waals surface area contributed by atoms with Gasteiger partial charge >= 0.3 is 24.1 Å². The molecular formula is C14H12F6N4O4. The molecular weight excluding hydrogens is 402 g/mol. The second-order valence-corrected chi connectivity index (χ2v) is 5.48. The molecule has 1 amide bonds. The van der Waals surface area contributed by atoms with Crippen LogP contribution >= 0.6 is 0 Å². The molecule has 0 atom stereocenters. The molecule has 1 N–H and O–H groups in total. The fourth-order valence-corrected chi connectivity index (χ4v) is 2.20. The minimum Gasteiger partial charge on any atom is -0.440 e. The van der Waals surface area contributed by atoms with E-state index in [0.717, 1.165) is 13.1 Å². The van der Waals surface area contributed by atoms with Crippen molar-refractivity contribution in [1.29, 1.82) is 0 Å². The molecule has 0 radical (unpaired) electrons. The Balaban J connectivity index is 2.24. The Hall–Kier alpha value is -3.06. The van der Waals surface area contributed by atoms with Crippen LogP contribution in [0.2, 0.25) is 0 Å². The number of halogens is 6. The molecule has 14 heteroatoms. The van der Waals surface area contributed by atoms with Gasteiger partial charge in [0.05, 0.1) is 5.39 Å². The van der Waals surface area contributed by atoms with E-state index in [-0.39, 0.29) is 5.39 Å². The Morgan fingerprint density at radius 2 is 1.82 bits per heavy atom. The molecule has 0 aliphatic rings. The number of carbonyl (C=O) groups is 1. The van der Waals surface area contributed by atoms with Crippen molar-refractivity contribution in [3.63, 3.8) is 0 Å². The standard InChI is InChI=1S/C14H12F6N4O4/c1-23-9-7(2-3-8(22-9)14(18,19)20)10(25)24(12(23)27)5-4-21-11(26)28-6-13(15,16)17/h2-3H,4-6H2,1H3,(H,21,26). The SMILES string of the molecule is Cn1c(=O)n(CCNC(=O)OCC(F)(F)F)c(=O)c2ccc(C(F)(F)F)nc21. The van der Waals surface area contributed by atoms with Crippen molar-refractivity contribution in [2.24, 2.45) is 7.05 Å². The molecule has 0 fully saturated rings. The normalized spacial score (nSPS) is 12.2. The number of aryl methyl sites for hydroxylation is 1. The maximum atomic E-state index is 12.8. The number of alkyl carbamates (subject to hydrolysis) is 1. The molecule has 0 aliphatic heterocycles. The summed E-state index contributed by atoms with van der Waals surface area (Å²) >= 11 is 0. The molecule has 0 unspecified atom stereocenters. The zero-order chi connectivity index (χ0) is 21.3. The van der Waals surface area contributed by atoms with Crippen molar-refractivity contribution in [2.45, 2.75) is 18.9 Å². The third-order valence-corrected chi connectivity index (χ3v) is 3.45. The number of carbonyl (C=O) groups excluding carboxylic acids is 1. The van der Waals surface area contributed by atoms with E-state index < -0.39 is 60.7 Å². The minimum absolute atomic E-state index is 0.283. The third-order valence-electron chi connectivity index (χ3n) is 3.45. The van der Waals surface area contributed by atoms with Gasteiger partial charge in [0.1, 0.15) is 11.3 Å². The van der Waals surface area contributed by atoms with Crippen molar-refractivity contribution in [2.75, 3.05) is 13.2 Å². The van der Waals surface area contributed by atoms with E-state index in [9.17, 15) is 40.7 Å². The number of fused-ring (bicyclic) bond motifs is 1. The van der Waals surface area contributed by atoms with E-state index in [1.807, 2.05) is 5.32 Å². The van der Waals surface area contributed by atoms with Crippen molar-refractivity contribution in [1.82, 2.24) is 19.4 Å². The van der Waals surface area contributed by atoms with E-state index in [0.29, 0.717) is 15.2 Å².